The van der Waals surface area contributed by atoms with E-state index >= 15 is 0 Å². The number of hydrogen-bond donors (Lipinski definition) is 2. The van der Waals surface area contributed by atoms with Crippen molar-refractivity contribution in [1.82, 2.24) is 14.6 Å². The van der Waals surface area contributed by atoms with E-state index in [1.165, 1.54) is 25.0 Å². The molecule has 21 heavy (non-hydrogen) atoms. The van der Waals surface area contributed by atoms with E-state index in [4.69, 9.17) is 5.73 Å². The predicted molar refractivity (Wildman–Crippen MR) is 79.1 cm³/mol. The summed E-state index contributed by atoms with van der Waals surface area (Å²) in [5, 5.41) is 7.52. The molecule has 1 aliphatic rings. The van der Waals surface area contributed by atoms with Crippen molar-refractivity contribution in [2.45, 2.75) is 18.8 Å². The Balaban J connectivity index is 1.80. The summed E-state index contributed by atoms with van der Waals surface area (Å²) in [5.74, 6) is 1.34. The molecule has 2 heterocycles. The van der Waals surface area contributed by atoms with Crippen molar-refractivity contribution in [2.24, 2.45) is 0 Å². The first-order chi connectivity index (χ1) is 10.2. The lowest BCUT2D eigenvalue weighted by Crippen LogP contribution is -2.04. The van der Waals surface area contributed by atoms with E-state index in [2.05, 4.69) is 15.4 Å². The number of nitrogen functional groups attached to an aromatic ring is 1. The Bertz CT molecular complexity index is 822. The highest BCUT2D eigenvalue weighted by atomic mass is 19.1. The first-order valence-corrected chi connectivity index (χ1v) is 6.87. The van der Waals surface area contributed by atoms with Crippen LogP contribution < -0.4 is 11.1 Å². The van der Waals surface area contributed by atoms with Crippen LogP contribution in [0.3, 0.4) is 0 Å². The zero-order chi connectivity index (χ0) is 14.4. The van der Waals surface area contributed by atoms with E-state index in [1.807, 2.05) is 6.20 Å². The van der Waals surface area contributed by atoms with Gasteiger partial charge < -0.3 is 11.1 Å². The van der Waals surface area contributed by atoms with Gasteiger partial charge in [0, 0.05) is 17.3 Å². The molecule has 1 fully saturated rings. The van der Waals surface area contributed by atoms with Gasteiger partial charge >= 0.3 is 0 Å². The normalized spacial score (nSPS) is 14.5. The van der Waals surface area contributed by atoms with Crippen LogP contribution in [0, 0.1) is 5.82 Å². The Kier molecular flexibility index (Phi) is 2.57. The minimum absolute atomic E-state index is 0.294. The van der Waals surface area contributed by atoms with Crippen molar-refractivity contribution in [2.75, 3.05) is 11.1 Å². The van der Waals surface area contributed by atoms with Gasteiger partial charge in [-0.3, -0.25) is 0 Å². The van der Waals surface area contributed by atoms with E-state index < -0.39 is 0 Å². The second kappa shape index (κ2) is 4.44. The molecule has 1 aromatic carbocycles. The maximum absolute atomic E-state index is 13.3. The summed E-state index contributed by atoms with van der Waals surface area (Å²) in [6, 6.07) is 7.96. The predicted octanol–water partition coefficient (Wildman–Crippen LogP) is 3.07. The Morgan fingerprint density at radius 3 is 2.90 bits per heavy atom. The zero-order valence-corrected chi connectivity index (χ0v) is 11.3. The molecule has 0 amide bonds. The van der Waals surface area contributed by atoms with Crippen LogP contribution in [0.2, 0.25) is 0 Å². The van der Waals surface area contributed by atoms with Gasteiger partial charge in [0.1, 0.15) is 17.5 Å². The maximum Gasteiger partial charge on any atom is 0.163 e. The third-order valence-corrected chi connectivity index (χ3v) is 3.63. The Morgan fingerprint density at radius 1 is 1.29 bits per heavy atom. The van der Waals surface area contributed by atoms with Crippen LogP contribution in [0.15, 0.2) is 36.5 Å². The van der Waals surface area contributed by atoms with Crippen LogP contribution >= 0.6 is 0 Å². The van der Waals surface area contributed by atoms with Crippen molar-refractivity contribution in [3.63, 3.8) is 0 Å². The molecule has 5 nitrogen and oxygen atoms in total. The van der Waals surface area contributed by atoms with Gasteiger partial charge in [0.2, 0.25) is 0 Å². The smallest absolute Gasteiger partial charge is 0.163 e. The number of benzene rings is 1. The SMILES string of the molecule is Nc1cc(Nc2cccc(F)c2)n2ncc(C3CC3)c2n1. The van der Waals surface area contributed by atoms with Crippen molar-refractivity contribution >= 4 is 23.0 Å². The number of aromatic nitrogens is 3. The monoisotopic (exact) mass is 283 g/mol. The Morgan fingerprint density at radius 2 is 2.14 bits per heavy atom. The highest BCUT2D eigenvalue weighted by molar-refractivity contribution is 5.65. The minimum Gasteiger partial charge on any atom is -0.384 e. The van der Waals surface area contributed by atoms with E-state index in [0.717, 1.165) is 11.2 Å². The van der Waals surface area contributed by atoms with E-state index in [-0.39, 0.29) is 5.82 Å². The summed E-state index contributed by atoms with van der Waals surface area (Å²) in [5.41, 5.74) is 8.44. The van der Waals surface area contributed by atoms with Crippen molar-refractivity contribution < 1.29 is 4.39 Å². The molecule has 0 unspecified atom stereocenters. The number of fused-ring (bicyclic) bond motifs is 1. The van der Waals surface area contributed by atoms with Gasteiger partial charge in [-0.2, -0.15) is 9.61 Å². The molecular formula is C15H14FN5. The molecule has 0 spiro atoms. The third kappa shape index (κ3) is 2.18. The number of rotatable bonds is 3. The second-order valence-electron chi connectivity index (χ2n) is 5.31. The molecular weight excluding hydrogens is 269 g/mol. The molecule has 1 saturated carbocycles. The molecule has 2 aromatic heterocycles. The average molecular weight is 283 g/mol. The van der Waals surface area contributed by atoms with E-state index in [9.17, 15) is 4.39 Å². The fraction of sp³-hybridized carbons (Fsp3) is 0.200. The number of hydrogen-bond acceptors (Lipinski definition) is 4. The quantitative estimate of drug-likeness (QED) is 0.775. The van der Waals surface area contributed by atoms with Crippen LogP contribution in [0.5, 0.6) is 0 Å². The van der Waals surface area contributed by atoms with Crippen molar-refractivity contribution in [3.8, 4) is 0 Å². The molecule has 1 aliphatic carbocycles. The molecule has 0 aliphatic heterocycles. The fourth-order valence-corrected chi connectivity index (χ4v) is 2.48. The maximum atomic E-state index is 13.3. The summed E-state index contributed by atoms with van der Waals surface area (Å²) >= 11 is 0. The first kappa shape index (κ1) is 12.1. The lowest BCUT2D eigenvalue weighted by atomic mass is 10.2. The van der Waals surface area contributed by atoms with Gasteiger partial charge in [0.05, 0.1) is 6.20 Å². The van der Waals surface area contributed by atoms with Gasteiger partial charge in [-0.25, -0.2) is 9.37 Å². The summed E-state index contributed by atoms with van der Waals surface area (Å²) in [6.45, 7) is 0. The molecule has 106 valence electrons. The minimum atomic E-state index is -0.294. The standard InChI is InChI=1S/C15H14FN5/c16-10-2-1-3-11(6-10)19-14-7-13(17)20-15-12(9-4-5-9)8-18-21(14)15/h1-3,6-9,19H,4-5H2,(H2,17,20). The molecule has 0 radical (unpaired) electrons. The van der Waals surface area contributed by atoms with Crippen LogP contribution in [0.25, 0.3) is 5.65 Å². The van der Waals surface area contributed by atoms with E-state index in [1.54, 1.807) is 22.7 Å². The third-order valence-electron chi connectivity index (χ3n) is 3.63. The zero-order valence-electron chi connectivity index (χ0n) is 11.3. The largest absolute Gasteiger partial charge is 0.384 e. The fourth-order valence-electron chi connectivity index (χ4n) is 2.48. The number of nitrogens with two attached hydrogens (primary N) is 1. The van der Waals surface area contributed by atoms with Gasteiger partial charge in [0.25, 0.3) is 0 Å². The van der Waals surface area contributed by atoms with Crippen molar-refractivity contribution in [1.29, 1.82) is 0 Å². The highest BCUT2D eigenvalue weighted by Crippen LogP contribution is 2.42. The van der Waals surface area contributed by atoms with Gasteiger partial charge in [-0.05, 0) is 37.0 Å². The summed E-state index contributed by atoms with van der Waals surface area (Å²) < 4.78 is 15.0. The second-order valence-corrected chi connectivity index (χ2v) is 5.31. The van der Waals surface area contributed by atoms with Gasteiger partial charge in [-0.15, -0.1) is 0 Å². The molecule has 3 aromatic rings. The summed E-state index contributed by atoms with van der Waals surface area (Å²) in [6.07, 6.45) is 4.19. The molecule has 0 saturated heterocycles. The van der Waals surface area contributed by atoms with Crippen LogP contribution in [0.1, 0.15) is 24.3 Å². The topological polar surface area (TPSA) is 68.2 Å². The van der Waals surface area contributed by atoms with Gasteiger partial charge in [0.15, 0.2) is 5.65 Å². The average Bonchev–Trinajstić information content (AvgIpc) is 3.19. The van der Waals surface area contributed by atoms with Crippen LogP contribution in [0.4, 0.5) is 21.7 Å². The Labute approximate surface area is 120 Å². The number of nitrogens with one attached hydrogen (secondary N) is 1. The summed E-state index contributed by atoms with van der Waals surface area (Å²) in [4.78, 5) is 4.38. The van der Waals surface area contributed by atoms with Crippen molar-refractivity contribution in [3.05, 3.63) is 47.9 Å². The molecule has 3 N–H and O–H groups in total. The van der Waals surface area contributed by atoms with Gasteiger partial charge in [-0.1, -0.05) is 6.07 Å². The highest BCUT2D eigenvalue weighted by Gasteiger charge is 2.28. The summed E-state index contributed by atoms with van der Waals surface area (Å²) in [7, 11) is 0. The number of nitrogens with zero attached hydrogens (tertiary/aromatic N) is 3. The Hall–Kier alpha value is -2.63. The lowest BCUT2D eigenvalue weighted by molar-refractivity contribution is 0.628. The van der Waals surface area contributed by atoms with Crippen LogP contribution in [-0.2, 0) is 0 Å². The van der Waals surface area contributed by atoms with E-state index in [0.29, 0.717) is 23.2 Å². The molecule has 6 heteroatoms. The molecule has 0 atom stereocenters. The number of anilines is 3. The molecule has 0 bridgehead atoms. The molecule has 4 rings (SSSR count). The number of halogens is 1. The van der Waals surface area contributed by atoms with Crippen LogP contribution in [-0.4, -0.2) is 14.6 Å². The lowest BCUT2D eigenvalue weighted by Gasteiger charge is -2.09. The first-order valence-electron chi connectivity index (χ1n) is 6.87.